The van der Waals surface area contributed by atoms with E-state index in [0.717, 1.165) is 13.0 Å². The molecule has 1 unspecified atom stereocenters. The Bertz CT molecular complexity index is 548. The summed E-state index contributed by atoms with van der Waals surface area (Å²) >= 11 is 0. The van der Waals surface area contributed by atoms with E-state index >= 15 is 0 Å². The largest absolute Gasteiger partial charge is 0.396 e. The first-order valence-electron chi connectivity index (χ1n) is 7.33. The lowest BCUT2D eigenvalue weighted by Crippen LogP contribution is -2.26. The molecule has 0 aromatic heterocycles. The number of hydrogen-bond acceptors (Lipinski definition) is 2. The summed E-state index contributed by atoms with van der Waals surface area (Å²) < 4.78 is 0. The maximum atomic E-state index is 9.02. The molecule has 1 aliphatic rings. The molecule has 1 aliphatic carbocycles. The summed E-state index contributed by atoms with van der Waals surface area (Å²) in [5.41, 5.74) is 5.42. The second-order valence-corrected chi connectivity index (χ2v) is 5.63. The lowest BCUT2D eigenvalue weighted by atomic mass is 10.0. The summed E-state index contributed by atoms with van der Waals surface area (Å²) in [6.07, 6.45) is 0.850. The predicted octanol–water partition coefficient (Wildman–Crippen LogP) is 3.36. The van der Waals surface area contributed by atoms with Crippen molar-refractivity contribution < 1.29 is 5.11 Å². The van der Waals surface area contributed by atoms with Gasteiger partial charge in [0.2, 0.25) is 0 Å². The van der Waals surface area contributed by atoms with Crippen molar-refractivity contribution in [2.75, 3.05) is 13.2 Å². The second kappa shape index (κ2) is 5.78. The molecule has 1 atom stereocenters. The summed E-state index contributed by atoms with van der Waals surface area (Å²) in [5.74, 6) is 0.486. The van der Waals surface area contributed by atoms with Crippen LogP contribution in [0.5, 0.6) is 0 Å². The average molecular weight is 267 g/mol. The Kier molecular flexibility index (Phi) is 3.86. The summed E-state index contributed by atoms with van der Waals surface area (Å²) in [7, 11) is 0. The van der Waals surface area contributed by atoms with Crippen molar-refractivity contribution in [3.63, 3.8) is 0 Å². The highest BCUT2D eigenvalue weighted by molar-refractivity contribution is 5.78. The van der Waals surface area contributed by atoms with Gasteiger partial charge in [0.15, 0.2) is 0 Å². The van der Waals surface area contributed by atoms with E-state index in [2.05, 4.69) is 60.8 Å². The van der Waals surface area contributed by atoms with Crippen LogP contribution in [0, 0.1) is 5.92 Å². The van der Waals surface area contributed by atoms with E-state index in [9.17, 15) is 0 Å². The molecule has 0 bridgehead atoms. The molecule has 104 valence electrons. The van der Waals surface area contributed by atoms with Crippen molar-refractivity contribution in [2.24, 2.45) is 5.92 Å². The van der Waals surface area contributed by atoms with Gasteiger partial charge in [0.25, 0.3) is 0 Å². The van der Waals surface area contributed by atoms with Gasteiger partial charge in [-0.3, -0.25) is 0 Å². The fourth-order valence-electron chi connectivity index (χ4n) is 3.02. The van der Waals surface area contributed by atoms with Gasteiger partial charge in [-0.05, 0) is 41.1 Å². The smallest absolute Gasteiger partial charge is 0.0589 e. The molecule has 20 heavy (non-hydrogen) atoms. The Balaban J connectivity index is 1.87. The fourth-order valence-corrected chi connectivity index (χ4v) is 3.02. The number of nitrogens with one attached hydrogen (secondary N) is 1. The van der Waals surface area contributed by atoms with Gasteiger partial charge in [0.1, 0.15) is 0 Å². The van der Waals surface area contributed by atoms with Crippen LogP contribution in [0.3, 0.4) is 0 Å². The van der Waals surface area contributed by atoms with Crippen molar-refractivity contribution >= 4 is 0 Å². The maximum Gasteiger partial charge on any atom is 0.0589 e. The van der Waals surface area contributed by atoms with Crippen LogP contribution in [0.1, 0.15) is 30.5 Å². The van der Waals surface area contributed by atoms with Crippen molar-refractivity contribution in [2.45, 2.75) is 19.4 Å². The molecule has 0 saturated heterocycles. The maximum absolute atomic E-state index is 9.02. The number of hydrogen-bond donors (Lipinski definition) is 2. The molecule has 0 saturated carbocycles. The third kappa shape index (κ3) is 2.37. The fraction of sp³-hybridized carbons (Fsp3) is 0.333. The van der Waals surface area contributed by atoms with Crippen molar-refractivity contribution in [3.8, 4) is 11.1 Å². The SMILES string of the molecule is CC(CCO)CNC1c2ccccc2-c2ccccc21. The minimum Gasteiger partial charge on any atom is -0.396 e. The molecule has 3 rings (SSSR count). The van der Waals surface area contributed by atoms with E-state index in [1.165, 1.54) is 22.3 Å². The topological polar surface area (TPSA) is 32.3 Å². The summed E-state index contributed by atoms with van der Waals surface area (Å²) in [6.45, 7) is 3.37. The Morgan fingerprint density at radius 3 is 2.10 bits per heavy atom. The lowest BCUT2D eigenvalue weighted by Gasteiger charge is -2.19. The molecule has 2 N–H and O–H groups in total. The first-order valence-corrected chi connectivity index (χ1v) is 7.33. The number of aliphatic hydroxyl groups excluding tert-OH is 1. The highest BCUT2D eigenvalue weighted by Gasteiger charge is 2.27. The number of aliphatic hydroxyl groups is 1. The van der Waals surface area contributed by atoms with Gasteiger partial charge in [0.05, 0.1) is 6.04 Å². The zero-order valence-corrected chi connectivity index (χ0v) is 11.8. The molecule has 0 spiro atoms. The van der Waals surface area contributed by atoms with E-state index in [1.807, 2.05) is 0 Å². The molecule has 0 fully saturated rings. The van der Waals surface area contributed by atoms with Crippen LogP contribution in [-0.2, 0) is 0 Å². The molecular formula is C18H21NO. The van der Waals surface area contributed by atoms with Gasteiger partial charge in [0, 0.05) is 6.61 Å². The molecule has 2 aromatic rings. The number of fused-ring (bicyclic) bond motifs is 3. The minimum absolute atomic E-state index is 0.265. The molecule has 0 heterocycles. The summed E-state index contributed by atoms with van der Waals surface area (Å²) in [6, 6.07) is 17.5. The summed E-state index contributed by atoms with van der Waals surface area (Å²) in [5, 5.41) is 12.7. The Morgan fingerprint density at radius 1 is 1.00 bits per heavy atom. The number of benzene rings is 2. The Hall–Kier alpha value is -1.64. The molecule has 2 aromatic carbocycles. The second-order valence-electron chi connectivity index (χ2n) is 5.63. The third-order valence-corrected chi connectivity index (χ3v) is 4.13. The van der Waals surface area contributed by atoms with Gasteiger partial charge >= 0.3 is 0 Å². The van der Waals surface area contributed by atoms with E-state index in [0.29, 0.717) is 5.92 Å². The predicted molar refractivity (Wildman–Crippen MR) is 82.6 cm³/mol. The van der Waals surface area contributed by atoms with Crippen molar-refractivity contribution in [1.82, 2.24) is 5.32 Å². The lowest BCUT2D eigenvalue weighted by molar-refractivity contribution is 0.259. The zero-order chi connectivity index (χ0) is 13.9. The van der Waals surface area contributed by atoms with Crippen LogP contribution in [0.2, 0.25) is 0 Å². The van der Waals surface area contributed by atoms with Gasteiger partial charge < -0.3 is 10.4 Å². The van der Waals surface area contributed by atoms with E-state index in [4.69, 9.17) is 5.11 Å². The molecule has 0 amide bonds. The number of rotatable bonds is 5. The normalized spacial score (nSPS) is 14.9. The average Bonchev–Trinajstić information content (AvgIpc) is 2.80. The van der Waals surface area contributed by atoms with Crippen LogP contribution in [0.25, 0.3) is 11.1 Å². The highest BCUT2D eigenvalue weighted by Crippen LogP contribution is 2.42. The van der Waals surface area contributed by atoms with Crippen molar-refractivity contribution in [1.29, 1.82) is 0 Å². The molecule has 0 radical (unpaired) electrons. The van der Waals surface area contributed by atoms with Crippen LogP contribution < -0.4 is 5.32 Å². The molecule has 0 aliphatic heterocycles. The first-order chi connectivity index (χ1) is 9.81. The van der Waals surface area contributed by atoms with Crippen molar-refractivity contribution in [3.05, 3.63) is 59.7 Å². The third-order valence-electron chi connectivity index (χ3n) is 4.13. The quantitative estimate of drug-likeness (QED) is 0.870. The Labute approximate surface area is 120 Å². The first kappa shape index (κ1) is 13.3. The minimum atomic E-state index is 0.265. The molecule has 2 nitrogen and oxygen atoms in total. The van der Waals surface area contributed by atoms with Gasteiger partial charge in [-0.25, -0.2) is 0 Å². The Morgan fingerprint density at radius 2 is 1.55 bits per heavy atom. The van der Waals surface area contributed by atoms with Crippen LogP contribution in [0.4, 0.5) is 0 Å². The van der Waals surface area contributed by atoms with E-state index in [1.54, 1.807) is 0 Å². The van der Waals surface area contributed by atoms with Crippen LogP contribution >= 0.6 is 0 Å². The van der Waals surface area contributed by atoms with Crippen LogP contribution in [-0.4, -0.2) is 18.3 Å². The van der Waals surface area contributed by atoms with E-state index < -0.39 is 0 Å². The van der Waals surface area contributed by atoms with Crippen LogP contribution in [0.15, 0.2) is 48.5 Å². The standard InChI is InChI=1S/C18H21NO/c1-13(10-11-20)12-19-18-16-8-4-2-6-14(16)15-7-3-5-9-17(15)18/h2-9,13,18-20H,10-12H2,1H3. The molecular weight excluding hydrogens is 246 g/mol. The van der Waals surface area contributed by atoms with Gasteiger partial charge in [-0.15, -0.1) is 0 Å². The highest BCUT2D eigenvalue weighted by atomic mass is 16.3. The zero-order valence-electron chi connectivity index (χ0n) is 11.8. The van der Waals surface area contributed by atoms with Gasteiger partial charge in [-0.2, -0.15) is 0 Å². The summed E-state index contributed by atoms with van der Waals surface area (Å²) in [4.78, 5) is 0. The van der Waals surface area contributed by atoms with E-state index in [-0.39, 0.29) is 12.6 Å². The molecule has 2 heteroatoms. The van der Waals surface area contributed by atoms with Gasteiger partial charge in [-0.1, -0.05) is 55.5 Å². The monoisotopic (exact) mass is 267 g/mol.